The molecule has 0 N–H and O–H groups in total. The molecule has 22 heavy (non-hydrogen) atoms. The van der Waals surface area contributed by atoms with Crippen molar-refractivity contribution in [1.82, 2.24) is 9.78 Å². The molecule has 0 radical (unpaired) electrons. The summed E-state index contributed by atoms with van der Waals surface area (Å²) in [5.74, 6) is -0.989. The lowest BCUT2D eigenvalue weighted by atomic mass is 10.1. The molecule has 4 rings (SSSR count). The molecule has 1 aromatic carbocycles. The number of benzene rings is 1. The highest BCUT2D eigenvalue weighted by molar-refractivity contribution is 5.90. The van der Waals surface area contributed by atoms with Gasteiger partial charge in [-0.2, -0.15) is 5.10 Å². The Morgan fingerprint density at radius 3 is 3.00 bits per heavy atom. The summed E-state index contributed by atoms with van der Waals surface area (Å²) in [7, 11) is 0. The number of esters is 1. The summed E-state index contributed by atoms with van der Waals surface area (Å²) in [6, 6.07) is 3.37. The van der Waals surface area contributed by atoms with E-state index in [1.807, 2.05) is 0 Å². The molecule has 2 aliphatic carbocycles. The Labute approximate surface area is 125 Å². The number of hydrogen-bond acceptors (Lipinski definition) is 3. The first-order chi connectivity index (χ1) is 10.6. The molecule has 0 amide bonds. The molecule has 114 valence electrons. The van der Waals surface area contributed by atoms with Gasteiger partial charge in [-0.15, -0.1) is 0 Å². The van der Waals surface area contributed by atoms with E-state index in [4.69, 9.17) is 4.74 Å². The summed E-state index contributed by atoms with van der Waals surface area (Å²) < 4.78 is 33.7. The van der Waals surface area contributed by atoms with Crippen LogP contribution in [0.25, 0.3) is 5.69 Å². The second kappa shape index (κ2) is 4.63. The van der Waals surface area contributed by atoms with Crippen LogP contribution < -0.4 is 0 Å². The van der Waals surface area contributed by atoms with Crippen molar-refractivity contribution in [3.05, 3.63) is 46.8 Å². The molecular weight excluding hydrogens is 290 g/mol. The van der Waals surface area contributed by atoms with Gasteiger partial charge in [-0.05, 0) is 37.8 Å². The molecule has 2 aromatic rings. The molecule has 1 aromatic heterocycles. The summed E-state index contributed by atoms with van der Waals surface area (Å²) in [4.78, 5) is 12.1. The largest absolute Gasteiger partial charge is 0.461 e. The zero-order valence-corrected chi connectivity index (χ0v) is 12.0. The number of nitrogens with zero attached hydrogens (tertiary/aromatic N) is 2. The van der Waals surface area contributed by atoms with Crippen LogP contribution >= 0.6 is 0 Å². The highest BCUT2D eigenvalue weighted by Gasteiger charge is 2.50. The minimum atomic E-state index is -0.690. The summed E-state index contributed by atoms with van der Waals surface area (Å²) in [6.07, 6.45) is 1.81. The zero-order chi connectivity index (χ0) is 15.4. The molecule has 1 fully saturated rings. The first-order valence-electron chi connectivity index (χ1n) is 7.34. The second-order valence-corrected chi connectivity index (χ2v) is 5.75. The van der Waals surface area contributed by atoms with Crippen molar-refractivity contribution in [2.45, 2.75) is 25.7 Å². The maximum absolute atomic E-state index is 14.1. The third-order valence-corrected chi connectivity index (χ3v) is 4.37. The lowest BCUT2D eigenvalue weighted by Crippen LogP contribution is -2.09. The van der Waals surface area contributed by atoms with Gasteiger partial charge in [0.25, 0.3) is 0 Å². The van der Waals surface area contributed by atoms with Gasteiger partial charge < -0.3 is 4.74 Å². The predicted molar refractivity (Wildman–Crippen MR) is 74.0 cm³/mol. The van der Waals surface area contributed by atoms with Crippen molar-refractivity contribution in [3.63, 3.8) is 0 Å². The number of hydrogen-bond donors (Lipinski definition) is 0. The fourth-order valence-electron chi connectivity index (χ4n) is 3.32. The van der Waals surface area contributed by atoms with Crippen LogP contribution in [0.4, 0.5) is 8.78 Å². The second-order valence-electron chi connectivity index (χ2n) is 5.75. The number of rotatable bonds is 3. The quantitative estimate of drug-likeness (QED) is 0.819. The van der Waals surface area contributed by atoms with Crippen molar-refractivity contribution in [2.24, 2.45) is 5.92 Å². The molecular formula is C16H14F2N2O2. The molecule has 6 heteroatoms. The molecule has 2 aliphatic rings. The first kappa shape index (κ1) is 13.4. The van der Waals surface area contributed by atoms with Crippen molar-refractivity contribution >= 4 is 5.97 Å². The molecule has 0 aliphatic heterocycles. The van der Waals surface area contributed by atoms with E-state index in [1.165, 1.54) is 16.8 Å². The van der Waals surface area contributed by atoms with Crippen LogP contribution in [0.15, 0.2) is 18.2 Å². The fourth-order valence-corrected chi connectivity index (χ4v) is 3.32. The smallest absolute Gasteiger partial charge is 0.359 e. The number of halogens is 2. The Morgan fingerprint density at radius 1 is 1.45 bits per heavy atom. The molecule has 0 spiro atoms. The summed E-state index contributed by atoms with van der Waals surface area (Å²) in [6.45, 7) is 1.99. The number of ether oxygens (including phenoxy) is 1. The third-order valence-electron chi connectivity index (χ3n) is 4.37. The lowest BCUT2D eigenvalue weighted by molar-refractivity contribution is 0.0517. The molecule has 0 saturated heterocycles. The van der Waals surface area contributed by atoms with Crippen molar-refractivity contribution in [1.29, 1.82) is 0 Å². The Morgan fingerprint density at radius 2 is 2.27 bits per heavy atom. The van der Waals surface area contributed by atoms with Gasteiger partial charge in [0.05, 0.1) is 12.3 Å². The third kappa shape index (κ3) is 1.86. The highest BCUT2D eigenvalue weighted by Crippen LogP contribution is 2.57. The van der Waals surface area contributed by atoms with E-state index in [0.29, 0.717) is 11.8 Å². The van der Waals surface area contributed by atoms with Gasteiger partial charge in [0, 0.05) is 17.5 Å². The Balaban J connectivity index is 1.86. The van der Waals surface area contributed by atoms with E-state index in [2.05, 4.69) is 5.10 Å². The Kier molecular flexibility index (Phi) is 2.82. The van der Waals surface area contributed by atoms with Crippen LogP contribution in [0.5, 0.6) is 0 Å². The van der Waals surface area contributed by atoms with Crippen molar-refractivity contribution in [2.75, 3.05) is 6.61 Å². The Hall–Kier alpha value is -2.24. The highest BCUT2D eigenvalue weighted by atomic mass is 19.1. The topological polar surface area (TPSA) is 44.1 Å². The van der Waals surface area contributed by atoms with Gasteiger partial charge in [0.15, 0.2) is 11.5 Å². The minimum absolute atomic E-state index is 0.167. The van der Waals surface area contributed by atoms with E-state index in [1.54, 1.807) is 6.92 Å². The lowest BCUT2D eigenvalue weighted by Gasteiger charge is -2.07. The predicted octanol–water partition coefficient (Wildman–Crippen LogP) is 2.99. The normalized spacial score (nSPS) is 21.4. The summed E-state index contributed by atoms with van der Waals surface area (Å²) in [5.41, 5.74) is 2.15. The average molecular weight is 304 g/mol. The van der Waals surface area contributed by atoms with Crippen molar-refractivity contribution in [3.8, 4) is 5.69 Å². The van der Waals surface area contributed by atoms with Crippen LogP contribution in [-0.4, -0.2) is 22.4 Å². The van der Waals surface area contributed by atoms with Crippen molar-refractivity contribution < 1.29 is 18.3 Å². The molecule has 1 saturated carbocycles. The van der Waals surface area contributed by atoms with Gasteiger partial charge in [-0.1, -0.05) is 0 Å². The van der Waals surface area contributed by atoms with Crippen LogP contribution in [0, 0.1) is 17.6 Å². The minimum Gasteiger partial charge on any atom is -0.461 e. The number of carbonyl (C=O) groups is 1. The number of aromatic nitrogens is 2. The van der Waals surface area contributed by atoms with Crippen LogP contribution in [0.3, 0.4) is 0 Å². The van der Waals surface area contributed by atoms with E-state index in [-0.39, 0.29) is 18.0 Å². The Bertz CT molecular complexity index is 785. The summed E-state index contributed by atoms with van der Waals surface area (Å²) in [5, 5.41) is 4.27. The first-order valence-corrected chi connectivity index (χ1v) is 7.34. The van der Waals surface area contributed by atoms with Crippen LogP contribution in [0.1, 0.15) is 41.0 Å². The molecule has 4 nitrogen and oxygen atoms in total. The van der Waals surface area contributed by atoms with E-state index in [9.17, 15) is 13.6 Å². The van der Waals surface area contributed by atoms with E-state index in [0.717, 1.165) is 30.2 Å². The van der Waals surface area contributed by atoms with E-state index < -0.39 is 17.6 Å². The molecule has 1 heterocycles. The van der Waals surface area contributed by atoms with Gasteiger partial charge in [-0.3, -0.25) is 0 Å². The summed E-state index contributed by atoms with van der Waals surface area (Å²) >= 11 is 0. The standard InChI is InChI=1S/C16H14F2N2O2/c1-2-22-16(21)14-11-6-8-5-10(8)15(11)20(19-14)13-4-3-9(17)7-12(13)18/h3-4,7-8,10H,2,5-6H2,1H3/t8-,10-/m1/s1. The maximum atomic E-state index is 14.1. The average Bonchev–Trinajstić information content (AvgIpc) is 2.98. The van der Waals surface area contributed by atoms with E-state index >= 15 is 0 Å². The zero-order valence-electron chi connectivity index (χ0n) is 12.0. The van der Waals surface area contributed by atoms with Gasteiger partial charge >= 0.3 is 5.97 Å². The maximum Gasteiger partial charge on any atom is 0.359 e. The SMILES string of the molecule is CCOC(=O)c1nn(-c2ccc(F)cc2F)c2c1C[C@H]1C[C@@H]21. The monoisotopic (exact) mass is 304 g/mol. The van der Waals surface area contributed by atoms with Gasteiger partial charge in [-0.25, -0.2) is 18.3 Å². The number of fused-ring (bicyclic) bond motifs is 3. The van der Waals surface area contributed by atoms with Gasteiger partial charge in [0.1, 0.15) is 11.5 Å². The fraction of sp³-hybridized carbons (Fsp3) is 0.375. The van der Waals surface area contributed by atoms with Crippen LogP contribution in [-0.2, 0) is 11.2 Å². The molecule has 2 atom stereocenters. The molecule has 0 bridgehead atoms. The number of carbonyl (C=O) groups excluding carboxylic acids is 1. The van der Waals surface area contributed by atoms with Crippen LogP contribution in [0.2, 0.25) is 0 Å². The molecule has 0 unspecified atom stereocenters. The van der Waals surface area contributed by atoms with Gasteiger partial charge in [0.2, 0.25) is 0 Å².